The first-order valence-corrected chi connectivity index (χ1v) is 6.30. The van der Waals surface area contributed by atoms with Crippen LogP contribution in [-0.2, 0) is 9.59 Å². The van der Waals surface area contributed by atoms with Crippen LogP contribution in [0.1, 0.15) is 33.1 Å². The molecule has 0 aromatic rings. The van der Waals surface area contributed by atoms with Crippen LogP contribution in [0.5, 0.6) is 0 Å². The highest BCUT2D eigenvalue weighted by Gasteiger charge is 2.21. The minimum atomic E-state index is -0.547. The van der Waals surface area contributed by atoms with E-state index in [4.69, 9.17) is 5.73 Å². The lowest BCUT2D eigenvalue weighted by atomic mass is 10.1. The molecule has 1 rings (SSSR count). The second kappa shape index (κ2) is 8.32. The van der Waals surface area contributed by atoms with Gasteiger partial charge >= 0.3 is 0 Å². The molecule has 106 valence electrons. The van der Waals surface area contributed by atoms with Crippen molar-refractivity contribution in [2.45, 2.75) is 39.2 Å². The average molecular weight is 278 g/mol. The van der Waals surface area contributed by atoms with E-state index in [2.05, 4.69) is 10.6 Å². The summed E-state index contributed by atoms with van der Waals surface area (Å²) in [6.07, 6.45) is 3.62. The molecule has 0 aromatic carbocycles. The average Bonchev–Trinajstić information content (AvgIpc) is 3.08. The van der Waals surface area contributed by atoms with E-state index in [9.17, 15) is 9.59 Å². The Labute approximate surface area is 115 Å². The van der Waals surface area contributed by atoms with Gasteiger partial charge in [-0.25, -0.2) is 0 Å². The van der Waals surface area contributed by atoms with E-state index in [0.717, 1.165) is 12.3 Å². The highest BCUT2D eigenvalue weighted by molar-refractivity contribution is 5.87. The molecule has 1 saturated carbocycles. The second-order valence-corrected chi connectivity index (χ2v) is 5.07. The largest absolute Gasteiger partial charge is 0.355 e. The molecule has 0 heterocycles. The van der Waals surface area contributed by atoms with Crippen molar-refractivity contribution in [3.63, 3.8) is 0 Å². The summed E-state index contributed by atoms with van der Waals surface area (Å²) in [7, 11) is 0. The molecule has 6 heteroatoms. The molecule has 0 aliphatic heterocycles. The smallest absolute Gasteiger partial charge is 0.239 e. The van der Waals surface area contributed by atoms with Gasteiger partial charge < -0.3 is 16.4 Å². The summed E-state index contributed by atoms with van der Waals surface area (Å²) in [6, 6.07) is -0.547. The summed E-state index contributed by atoms with van der Waals surface area (Å²) in [6.45, 7) is 4.47. The third-order valence-corrected chi connectivity index (χ3v) is 3.02. The van der Waals surface area contributed by atoms with Crippen molar-refractivity contribution in [1.29, 1.82) is 0 Å². The molecule has 1 aliphatic carbocycles. The number of carbonyl (C=O) groups is 2. The molecule has 0 spiro atoms. The summed E-state index contributed by atoms with van der Waals surface area (Å²) in [5, 5.41) is 5.32. The molecule has 0 saturated heterocycles. The molecule has 0 bridgehead atoms. The van der Waals surface area contributed by atoms with Gasteiger partial charge in [0.15, 0.2) is 0 Å². The Kier molecular flexibility index (Phi) is 7.95. The predicted octanol–water partition coefficient (Wildman–Crippen LogP) is 0.424. The number of hydrogen-bond acceptors (Lipinski definition) is 3. The van der Waals surface area contributed by atoms with Crippen LogP contribution in [-0.4, -0.2) is 30.9 Å². The van der Waals surface area contributed by atoms with Crippen molar-refractivity contribution in [2.24, 2.45) is 17.6 Å². The van der Waals surface area contributed by atoms with Crippen molar-refractivity contribution < 1.29 is 9.59 Å². The van der Waals surface area contributed by atoms with Gasteiger partial charge in [0.25, 0.3) is 0 Å². The Hall–Kier alpha value is -0.810. The zero-order valence-corrected chi connectivity index (χ0v) is 11.9. The molecule has 18 heavy (non-hydrogen) atoms. The first kappa shape index (κ1) is 17.2. The van der Waals surface area contributed by atoms with Crippen LogP contribution in [0.2, 0.25) is 0 Å². The monoisotopic (exact) mass is 277 g/mol. The fourth-order valence-electron chi connectivity index (χ4n) is 1.47. The van der Waals surface area contributed by atoms with Gasteiger partial charge in [0.05, 0.1) is 12.6 Å². The van der Waals surface area contributed by atoms with Crippen molar-refractivity contribution >= 4 is 24.2 Å². The predicted molar refractivity (Wildman–Crippen MR) is 73.4 cm³/mol. The van der Waals surface area contributed by atoms with E-state index < -0.39 is 6.04 Å². The number of hydrogen-bond donors (Lipinski definition) is 3. The van der Waals surface area contributed by atoms with Gasteiger partial charge in [-0.1, -0.05) is 26.7 Å². The molecule has 1 aliphatic rings. The Morgan fingerprint density at radius 1 is 1.28 bits per heavy atom. The quantitative estimate of drug-likeness (QED) is 0.631. The number of nitrogens with one attached hydrogen (secondary N) is 2. The molecule has 0 aromatic heterocycles. The zero-order chi connectivity index (χ0) is 12.8. The standard InChI is InChI=1S/C12H23N3O2.ClH/c1-8(2)11(13)12(17)15-7-10(16)14-6-5-9-3-4-9;/h8-9,11H,3-7,13H2,1-2H3,(H,14,16)(H,15,17);1H/t11-;/m0./s1. The van der Waals surface area contributed by atoms with E-state index in [1.54, 1.807) is 0 Å². The number of nitrogens with two attached hydrogens (primary N) is 1. The van der Waals surface area contributed by atoms with E-state index >= 15 is 0 Å². The van der Waals surface area contributed by atoms with E-state index in [-0.39, 0.29) is 36.7 Å². The lowest BCUT2D eigenvalue weighted by Gasteiger charge is -2.15. The lowest BCUT2D eigenvalue weighted by Crippen LogP contribution is -2.47. The van der Waals surface area contributed by atoms with Gasteiger partial charge in [0.1, 0.15) is 0 Å². The number of carbonyl (C=O) groups excluding carboxylic acids is 2. The molecule has 5 nitrogen and oxygen atoms in total. The van der Waals surface area contributed by atoms with Crippen LogP contribution >= 0.6 is 12.4 Å². The third kappa shape index (κ3) is 6.81. The summed E-state index contributed by atoms with van der Waals surface area (Å²) >= 11 is 0. The van der Waals surface area contributed by atoms with E-state index in [0.29, 0.717) is 6.54 Å². The molecule has 0 radical (unpaired) electrons. The van der Waals surface area contributed by atoms with Crippen LogP contribution in [0.25, 0.3) is 0 Å². The molecular formula is C12H24ClN3O2. The second-order valence-electron chi connectivity index (χ2n) is 5.07. The Morgan fingerprint density at radius 2 is 1.89 bits per heavy atom. The van der Waals surface area contributed by atoms with Gasteiger partial charge in [-0.2, -0.15) is 0 Å². The summed E-state index contributed by atoms with van der Waals surface area (Å²) in [4.78, 5) is 22.8. The maximum Gasteiger partial charge on any atom is 0.239 e. The fraction of sp³-hybridized carbons (Fsp3) is 0.833. The van der Waals surface area contributed by atoms with Crippen molar-refractivity contribution in [3.05, 3.63) is 0 Å². The maximum absolute atomic E-state index is 11.5. The van der Waals surface area contributed by atoms with Crippen LogP contribution in [0.3, 0.4) is 0 Å². The Balaban J connectivity index is 0.00000289. The highest BCUT2D eigenvalue weighted by Crippen LogP contribution is 2.31. The molecule has 4 N–H and O–H groups in total. The Morgan fingerprint density at radius 3 is 2.39 bits per heavy atom. The summed E-state index contributed by atoms with van der Waals surface area (Å²) in [5.74, 6) is 0.472. The van der Waals surface area contributed by atoms with E-state index in [1.807, 2.05) is 13.8 Å². The SMILES string of the molecule is CC(C)[C@H](N)C(=O)NCC(=O)NCCC1CC1.Cl. The van der Waals surface area contributed by atoms with Gasteiger partial charge in [0, 0.05) is 6.54 Å². The molecular weight excluding hydrogens is 254 g/mol. The zero-order valence-electron chi connectivity index (χ0n) is 11.1. The minimum Gasteiger partial charge on any atom is -0.355 e. The van der Waals surface area contributed by atoms with Crippen molar-refractivity contribution in [2.75, 3.05) is 13.1 Å². The Bertz CT molecular complexity index is 280. The minimum absolute atomic E-state index is 0. The highest BCUT2D eigenvalue weighted by atomic mass is 35.5. The van der Waals surface area contributed by atoms with Crippen molar-refractivity contribution in [3.8, 4) is 0 Å². The fourth-order valence-corrected chi connectivity index (χ4v) is 1.47. The first-order valence-electron chi connectivity index (χ1n) is 6.30. The normalized spacial score (nSPS) is 15.8. The molecule has 2 amide bonds. The van der Waals surface area contributed by atoms with Gasteiger partial charge in [0.2, 0.25) is 11.8 Å². The number of rotatable bonds is 7. The van der Waals surface area contributed by atoms with Crippen LogP contribution in [0.4, 0.5) is 0 Å². The summed E-state index contributed by atoms with van der Waals surface area (Å²) in [5.41, 5.74) is 5.65. The molecule has 1 atom stereocenters. The third-order valence-electron chi connectivity index (χ3n) is 3.02. The maximum atomic E-state index is 11.5. The van der Waals surface area contributed by atoms with Gasteiger partial charge in [-0.15, -0.1) is 12.4 Å². The molecule has 0 unspecified atom stereocenters. The van der Waals surface area contributed by atoms with E-state index in [1.165, 1.54) is 12.8 Å². The first-order chi connectivity index (χ1) is 8.00. The van der Waals surface area contributed by atoms with Crippen LogP contribution < -0.4 is 16.4 Å². The van der Waals surface area contributed by atoms with Gasteiger partial charge in [-0.3, -0.25) is 9.59 Å². The number of amides is 2. The number of halogens is 1. The summed E-state index contributed by atoms with van der Waals surface area (Å²) < 4.78 is 0. The van der Waals surface area contributed by atoms with Crippen LogP contribution in [0, 0.1) is 11.8 Å². The topological polar surface area (TPSA) is 84.2 Å². The van der Waals surface area contributed by atoms with Crippen LogP contribution in [0.15, 0.2) is 0 Å². The molecule has 1 fully saturated rings. The van der Waals surface area contributed by atoms with Crippen molar-refractivity contribution in [1.82, 2.24) is 10.6 Å². The lowest BCUT2D eigenvalue weighted by molar-refractivity contribution is -0.127. The van der Waals surface area contributed by atoms with Gasteiger partial charge in [-0.05, 0) is 18.3 Å².